The Morgan fingerprint density at radius 3 is 3.06 bits per heavy atom. The van der Waals surface area contributed by atoms with Crippen LogP contribution in [0.25, 0.3) is 5.65 Å². The van der Waals surface area contributed by atoms with Crippen molar-refractivity contribution < 1.29 is 5.11 Å². The maximum Gasteiger partial charge on any atom is 0.180 e. The zero-order valence-corrected chi connectivity index (χ0v) is 10.1. The van der Waals surface area contributed by atoms with Crippen LogP contribution in [-0.4, -0.2) is 32.6 Å². The first-order valence-corrected chi connectivity index (χ1v) is 6.16. The van der Waals surface area contributed by atoms with Crippen molar-refractivity contribution in [3.8, 4) is 0 Å². The molecule has 0 aromatic carbocycles. The molecule has 1 saturated carbocycles. The van der Waals surface area contributed by atoms with E-state index in [1.807, 2.05) is 10.6 Å². The van der Waals surface area contributed by atoms with Gasteiger partial charge in [0.2, 0.25) is 0 Å². The second-order valence-electron chi connectivity index (χ2n) is 5.00. The number of nitrogen functional groups attached to an aromatic ring is 1. The molecule has 3 rings (SSSR count). The van der Waals surface area contributed by atoms with Gasteiger partial charge in [-0.1, -0.05) is 0 Å². The Kier molecular flexibility index (Phi) is 2.59. The highest BCUT2D eigenvalue weighted by atomic mass is 16.3. The summed E-state index contributed by atoms with van der Waals surface area (Å²) in [6.45, 7) is 1.05. The fourth-order valence-electron chi connectivity index (χ4n) is 2.27. The Morgan fingerprint density at radius 2 is 2.33 bits per heavy atom. The van der Waals surface area contributed by atoms with Gasteiger partial charge in [-0.3, -0.25) is 0 Å². The number of hydrogen-bond donors (Lipinski definition) is 3. The predicted molar refractivity (Wildman–Crippen MR) is 69.3 cm³/mol. The van der Waals surface area contributed by atoms with Crippen molar-refractivity contribution in [1.29, 1.82) is 0 Å². The Labute approximate surface area is 105 Å². The minimum atomic E-state index is 0.241. The molecular weight excluding hydrogens is 230 g/mol. The predicted octanol–water partition coefficient (Wildman–Crippen LogP) is 0.886. The highest BCUT2D eigenvalue weighted by molar-refractivity contribution is 5.64. The van der Waals surface area contributed by atoms with Crippen molar-refractivity contribution in [3.63, 3.8) is 0 Å². The summed E-state index contributed by atoms with van der Waals surface area (Å²) in [5.74, 6) is 1.18. The van der Waals surface area contributed by atoms with E-state index in [-0.39, 0.29) is 12.0 Å². The molecule has 0 saturated heterocycles. The molecule has 2 aromatic heterocycles. The molecule has 1 aliphatic carbocycles. The quantitative estimate of drug-likeness (QED) is 0.730. The summed E-state index contributed by atoms with van der Waals surface area (Å²) < 4.78 is 1.86. The van der Waals surface area contributed by atoms with E-state index >= 15 is 0 Å². The highest BCUT2D eigenvalue weighted by Gasteiger charge is 2.41. The maximum absolute atomic E-state index is 9.04. The Bertz CT molecular complexity index is 561. The number of aliphatic hydroxyl groups is 1. The van der Waals surface area contributed by atoms with Crippen LogP contribution in [0.5, 0.6) is 0 Å². The van der Waals surface area contributed by atoms with Crippen molar-refractivity contribution in [2.75, 3.05) is 24.2 Å². The topological polar surface area (TPSA) is 88.5 Å². The largest absolute Gasteiger partial charge is 0.396 e. The third-order valence-corrected chi connectivity index (χ3v) is 3.62. The molecule has 0 atom stereocenters. The van der Waals surface area contributed by atoms with Gasteiger partial charge < -0.3 is 20.6 Å². The number of nitrogens with zero attached hydrogens (tertiary/aromatic N) is 3. The highest BCUT2D eigenvalue weighted by Crippen LogP contribution is 2.48. The molecule has 0 aliphatic heterocycles. The standard InChI is InChI=1S/C12H17N5O/c13-9-7-17-5-4-14-11(17)10(16-9)15-8-12(1-2-12)3-6-18/h4-5,7,18H,1-3,6,8,13H2,(H,15,16). The molecule has 2 heterocycles. The van der Waals surface area contributed by atoms with Gasteiger partial charge in [-0.2, -0.15) is 0 Å². The first-order valence-electron chi connectivity index (χ1n) is 6.16. The summed E-state index contributed by atoms with van der Waals surface area (Å²) in [6.07, 6.45) is 8.48. The molecule has 6 heteroatoms. The maximum atomic E-state index is 9.04. The van der Waals surface area contributed by atoms with Gasteiger partial charge in [-0.15, -0.1) is 0 Å². The second-order valence-corrected chi connectivity index (χ2v) is 5.00. The zero-order chi connectivity index (χ0) is 12.6. The van der Waals surface area contributed by atoms with E-state index in [1.54, 1.807) is 12.4 Å². The van der Waals surface area contributed by atoms with Crippen LogP contribution in [0.2, 0.25) is 0 Å². The zero-order valence-electron chi connectivity index (χ0n) is 10.1. The van der Waals surface area contributed by atoms with E-state index in [0.717, 1.165) is 31.5 Å². The summed E-state index contributed by atoms with van der Waals surface area (Å²) >= 11 is 0. The number of aliphatic hydroxyl groups excluding tert-OH is 1. The molecule has 0 unspecified atom stereocenters. The molecule has 0 amide bonds. The fraction of sp³-hybridized carbons (Fsp3) is 0.500. The van der Waals surface area contributed by atoms with Gasteiger partial charge in [0.25, 0.3) is 0 Å². The summed E-state index contributed by atoms with van der Waals surface area (Å²) in [6, 6.07) is 0. The van der Waals surface area contributed by atoms with Gasteiger partial charge in [-0.05, 0) is 24.7 Å². The number of aromatic nitrogens is 3. The van der Waals surface area contributed by atoms with E-state index in [1.165, 1.54) is 0 Å². The molecule has 0 bridgehead atoms. The molecule has 0 radical (unpaired) electrons. The number of fused-ring (bicyclic) bond motifs is 1. The van der Waals surface area contributed by atoms with Gasteiger partial charge >= 0.3 is 0 Å². The van der Waals surface area contributed by atoms with Crippen molar-refractivity contribution >= 4 is 17.3 Å². The Morgan fingerprint density at radius 1 is 1.50 bits per heavy atom. The molecule has 1 aliphatic rings. The van der Waals surface area contributed by atoms with Crippen LogP contribution in [0, 0.1) is 5.41 Å². The first kappa shape index (κ1) is 11.3. The van der Waals surface area contributed by atoms with Gasteiger partial charge in [-0.25, -0.2) is 9.97 Å². The minimum absolute atomic E-state index is 0.241. The molecule has 2 aromatic rings. The van der Waals surface area contributed by atoms with E-state index in [0.29, 0.717) is 11.6 Å². The number of nitrogens with one attached hydrogen (secondary N) is 1. The number of hydrogen-bond acceptors (Lipinski definition) is 5. The third kappa shape index (κ3) is 1.99. The van der Waals surface area contributed by atoms with Crippen LogP contribution < -0.4 is 11.1 Å². The molecule has 96 valence electrons. The van der Waals surface area contributed by atoms with E-state index in [4.69, 9.17) is 10.8 Å². The average molecular weight is 247 g/mol. The Hall–Kier alpha value is -1.82. The minimum Gasteiger partial charge on any atom is -0.396 e. The molecule has 6 nitrogen and oxygen atoms in total. The lowest BCUT2D eigenvalue weighted by molar-refractivity contribution is 0.253. The van der Waals surface area contributed by atoms with Crippen LogP contribution in [0.4, 0.5) is 11.6 Å². The summed E-state index contributed by atoms with van der Waals surface area (Å²) in [7, 11) is 0. The van der Waals surface area contributed by atoms with E-state index in [2.05, 4.69) is 15.3 Å². The van der Waals surface area contributed by atoms with Crippen LogP contribution in [-0.2, 0) is 0 Å². The molecular formula is C12H17N5O. The summed E-state index contributed by atoms with van der Waals surface area (Å²) in [5.41, 5.74) is 6.78. The van der Waals surface area contributed by atoms with E-state index in [9.17, 15) is 0 Å². The Balaban J connectivity index is 1.80. The third-order valence-electron chi connectivity index (χ3n) is 3.62. The van der Waals surface area contributed by atoms with Crippen molar-refractivity contribution in [1.82, 2.24) is 14.4 Å². The van der Waals surface area contributed by atoms with Crippen molar-refractivity contribution in [2.24, 2.45) is 5.41 Å². The monoisotopic (exact) mass is 247 g/mol. The molecule has 18 heavy (non-hydrogen) atoms. The van der Waals surface area contributed by atoms with Crippen LogP contribution in [0.15, 0.2) is 18.6 Å². The molecule has 4 N–H and O–H groups in total. The van der Waals surface area contributed by atoms with Crippen molar-refractivity contribution in [2.45, 2.75) is 19.3 Å². The van der Waals surface area contributed by atoms with E-state index < -0.39 is 0 Å². The summed E-state index contributed by atoms with van der Waals surface area (Å²) in [4.78, 5) is 8.55. The van der Waals surface area contributed by atoms with Crippen LogP contribution >= 0.6 is 0 Å². The second kappa shape index (κ2) is 4.13. The number of imidazole rings is 1. The smallest absolute Gasteiger partial charge is 0.180 e. The van der Waals surface area contributed by atoms with Gasteiger partial charge in [0.1, 0.15) is 5.82 Å². The summed E-state index contributed by atoms with van der Waals surface area (Å²) in [5, 5.41) is 12.4. The van der Waals surface area contributed by atoms with Gasteiger partial charge in [0, 0.05) is 25.5 Å². The van der Waals surface area contributed by atoms with Gasteiger partial charge in [0.05, 0.1) is 6.20 Å². The first-order chi connectivity index (χ1) is 8.72. The fourth-order valence-corrected chi connectivity index (χ4v) is 2.27. The molecule has 1 fully saturated rings. The van der Waals surface area contributed by atoms with Crippen molar-refractivity contribution in [3.05, 3.63) is 18.6 Å². The van der Waals surface area contributed by atoms with Crippen LogP contribution in [0.1, 0.15) is 19.3 Å². The normalized spacial score (nSPS) is 16.9. The number of nitrogens with two attached hydrogens (primary N) is 1. The SMILES string of the molecule is Nc1cn2ccnc2c(NCC2(CCO)CC2)n1. The molecule has 0 spiro atoms. The lowest BCUT2D eigenvalue weighted by Gasteiger charge is -2.15. The lowest BCUT2D eigenvalue weighted by atomic mass is 10.0. The van der Waals surface area contributed by atoms with Crippen LogP contribution in [0.3, 0.4) is 0 Å². The number of rotatable bonds is 5. The average Bonchev–Trinajstić information content (AvgIpc) is 2.94. The lowest BCUT2D eigenvalue weighted by Crippen LogP contribution is -2.18. The number of anilines is 2. The van der Waals surface area contributed by atoms with Gasteiger partial charge in [0.15, 0.2) is 11.5 Å².